The summed E-state index contributed by atoms with van der Waals surface area (Å²) in [5.41, 5.74) is 2.16. The predicted molar refractivity (Wildman–Crippen MR) is 71.5 cm³/mol. The van der Waals surface area contributed by atoms with Crippen LogP contribution in [0.25, 0.3) is 0 Å². The predicted octanol–water partition coefficient (Wildman–Crippen LogP) is 3.40. The monoisotopic (exact) mass is 249 g/mol. The van der Waals surface area contributed by atoms with Crippen LogP contribution in [0.2, 0.25) is 5.02 Å². The SMILES string of the molecule is CCN(Cc1cnc(C)[nH]1)c1ccccc1Cl. The van der Waals surface area contributed by atoms with Gasteiger partial charge in [-0.1, -0.05) is 23.7 Å². The van der Waals surface area contributed by atoms with Crippen molar-refractivity contribution in [3.63, 3.8) is 0 Å². The first-order valence-corrected chi connectivity index (χ1v) is 6.08. The van der Waals surface area contributed by atoms with Gasteiger partial charge in [-0.05, 0) is 26.0 Å². The highest BCUT2D eigenvalue weighted by atomic mass is 35.5. The summed E-state index contributed by atoms with van der Waals surface area (Å²) in [5, 5.41) is 0.783. The highest BCUT2D eigenvalue weighted by molar-refractivity contribution is 6.33. The van der Waals surface area contributed by atoms with Crippen molar-refractivity contribution in [3.8, 4) is 0 Å². The number of anilines is 1. The first-order valence-electron chi connectivity index (χ1n) is 5.70. The van der Waals surface area contributed by atoms with Crippen LogP contribution in [0.4, 0.5) is 5.69 Å². The zero-order chi connectivity index (χ0) is 12.3. The molecule has 0 spiro atoms. The van der Waals surface area contributed by atoms with Crippen molar-refractivity contribution in [1.29, 1.82) is 0 Å². The first kappa shape index (κ1) is 12.0. The summed E-state index contributed by atoms with van der Waals surface area (Å²) in [5.74, 6) is 0.940. The quantitative estimate of drug-likeness (QED) is 0.901. The number of rotatable bonds is 4. The summed E-state index contributed by atoms with van der Waals surface area (Å²) < 4.78 is 0. The maximum absolute atomic E-state index is 6.20. The molecule has 0 bridgehead atoms. The third-order valence-corrected chi connectivity index (χ3v) is 3.01. The lowest BCUT2D eigenvalue weighted by Crippen LogP contribution is -2.22. The summed E-state index contributed by atoms with van der Waals surface area (Å²) >= 11 is 6.20. The van der Waals surface area contributed by atoms with Crippen LogP contribution < -0.4 is 4.90 Å². The Kier molecular flexibility index (Phi) is 3.69. The van der Waals surface area contributed by atoms with Crippen molar-refractivity contribution in [2.24, 2.45) is 0 Å². The van der Waals surface area contributed by atoms with Crippen molar-refractivity contribution in [2.45, 2.75) is 20.4 Å². The van der Waals surface area contributed by atoms with Crippen LogP contribution in [-0.4, -0.2) is 16.5 Å². The van der Waals surface area contributed by atoms with Gasteiger partial charge in [-0.3, -0.25) is 0 Å². The van der Waals surface area contributed by atoms with E-state index in [2.05, 4.69) is 21.8 Å². The topological polar surface area (TPSA) is 31.9 Å². The Labute approximate surface area is 106 Å². The van der Waals surface area contributed by atoms with Gasteiger partial charge in [0.05, 0.1) is 29.1 Å². The van der Waals surface area contributed by atoms with Crippen molar-refractivity contribution in [1.82, 2.24) is 9.97 Å². The molecular weight excluding hydrogens is 234 g/mol. The summed E-state index contributed by atoms with van der Waals surface area (Å²) in [6.07, 6.45) is 1.87. The molecule has 0 saturated heterocycles. The fourth-order valence-corrected chi connectivity index (χ4v) is 2.09. The number of nitrogens with zero attached hydrogens (tertiary/aromatic N) is 2. The number of aryl methyl sites for hydroxylation is 1. The van der Waals surface area contributed by atoms with E-state index in [1.54, 1.807) is 0 Å². The third kappa shape index (κ3) is 2.80. The van der Waals surface area contributed by atoms with Crippen molar-refractivity contribution in [3.05, 3.63) is 47.0 Å². The number of halogens is 1. The van der Waals surface area contributed by atoms with E-state index >= 15 is 0 Å². The average molecular weight is 250 g/mol. The molecule has 2 aromatic rings. The van der Waals surface area contributed by atoms with E-state index in [9.17, 15) is 0 Å². The molecule has 1 heterocycles. The van der Waals surface area contributed by atoms with E-state index in [0.29, 0.717) is 0 Å². The molecule has 3 nitrogen and oxygen atoms in total. The van der Waals surface area contributed by atoms with Crippen LogP contribution in [0.5, 0.6) is 0 Å². The molecule has 0 atom stereocenters. The van der Waals surface area contributed by atoms with E-state index < -0.39 is 0 Å². The summed E-state index contributed by atoms with van der Waals surface area (Å²) in [7, 11) is 0. The highest BCUT2D eigenvalue weighted by Gasteiger charge is 2.09. The van der Waals surface area contributed by atoms with Gasteiger partial charge in [-0.15, -0.1) is 0 Å². The molecule has 0 unspecified atom stereocenters. The molecule has 17 heavy (non-hydrogen) atoms. The normalized spacial score (nSPS) is 10.5. The second kappa shape index (κ2) is 5.23. The van der Waals surface area contributed by atoms with Gasteiger partial charge in [0.1, 0.15) is 5.82 Å². The molecule has 4 heteroatoms. The maximum atomic E-state index is 6.20. The number of H-pyrrole nitrogens is 1. The van der Waals surface area contributed by atoms with E-state index in [0.717, 1.165) is 35.3 Å². The van der Waals surface area contributed by atoms with E-state index in [1.165, 1.54) is 0 Å². The van der Waals surface area contributed by atoms with Crippen LogP contribution in [0.1, 0.15) is 18.4 Å². The lowest BCUT2D eigenvalue weighted by atomic mass is 10.2. The maximum Gasteiger partial charge on any atom is 0.103 e. The van der Waals surface area contributed by atoms with Gasteiger partial charge >= 0.3 is 0 Å². The Morgan fingerprint density at radius 1 is 1.35 bits per heavy atom. The lowest BCUT2D eigenvalue weighted by Gasteiger charge is -2.23. The molecule has 0 saturated carbocycles. The fraction of sp³-hybridized carbons (Fsp3) is 0.308. The van der Waals surface area contributed by atoms with Gasteiger partial charge < -0.3 is 9.88 Å². The van der Waals surface area contributed by atoms with Gasteiger partial charge in [0.25, 0.3) is 0 Å². The number of nitrogens with one attached hydrogen (secondary N) is 1. The van der Waals surface area contributed by atoms with E-state index in [1.807, 2.05) is 37.4 Å². The zero-order valence-electron chi connectivity index (χ0n) is 10.1. The van der Waals surface area contributed by atoms with Crippen LogP contribution in [-0.2, 0) is 6.54 Å². The second-order valence-electron chi connectivity index (χ2n) is 3.96. The second-order valence-corrected chi connectivity index (χ2v) is 4.37. The molecule has 0 aliphatic rings. The number of aromatic nitrogens is 2. The molecule has 2 rings (SSSR count). The number of benzene rings is 1. The number of aromatic amines is 1. The van der Waals surface area contributed by atoms with Crippen LogP contribution in [0, 0.1) is 6.92 Å². The van der Waals surface area contributed by atoms with Crippen LogP contribution in [0.15, 0.2) is 30.5 Å². The largest absolute Gasteiger partial charge is 0.365 e. The molecule has 90 valence electrons. The van der Waals surface area contributed by atoms with E-state index in [-0.39, 0.29) is 0 Å². The van der Waals surface area contributed by atoms with Crippen LogP contribution in [0.3, 0.4) is 0 Å². The minimum atomic E-state index is 0.783. The molecular formula is C13H16ClN3. The highest BCUT2D eigenvalue weighted by Crippen LogP contribution is 2.26. The summed E-state index contributed by atoms with van der Waals surface area (Å²) in [6, 6.07) is 7.90. The standard InChI is InChI=1S/C13H16ClN3/c1-3-17(9-11-8-15-10(2)16-11)13-7-5-4-6-12(13)14/h4-8H,3,9H2,1-2H3,(H,15,16). The smallest absolute Gasteiger partial charge is 0.103 e. The number of imidazole rings is 1. The molecule has 1 aromatic heterocycles. The molecule has 1 N–H and O–H groups in total. The van der Waals surface area contributed by atoms with Gasteiger partial charge in [-0.25, -0.2) is 4.98 Å². The van der Waals surface area contributed by atoms with Gasteiger partial charge in [0.2, 0.25) is 0 Å². The molecule has 0 radical (unpaired) electrons. The molecule has 0 aliphatic heterocycles. The number of hydrogen-bond acceptors (Lipinski definition) is 2. The summed E-state index contributed by atoms with van der Waals surface area (Å²) in [4.78, 5) is 9.66. The minimum Gasteiger partial charge on any atom is -0.365 e. The summed E-state index contributed by atoms with van der Waals surface area (Å²) in [6.45, 7) is 5.77. The Balaban J connectivity index is 2.20. The average Bonchev–Trinajstić information content (AvgIpc) is 2.73. The molecule has 1 aromatic carbocycles. The molecule has 0 aliphatic carbocycles. The van der Waals surface area contributed by atoms with E-state index in [4.69, 9.17) is 11.6 Å². The van der Waals surface area contributed by atoms with Crippen LogP contribution >= 0.6 is 11.6 Å². The minimum absolute atomic E-state index is 0.783. The van der Waals surface area contributed by atoms with Crippen molar-refractivity contribution >= 4 is 17.3 Å². The molecule has 0 fully saturated rings. The van der Waals surface area contributed by atoms with Crippen molar-refractivity contribution < 1.29 is 0 Å². The Morgan fingerprint density at radius 3 is 2.71 bits per heavy atom. The lowest BCUT2D eigenvalue weighted by molar-refractivity contribution is 0.813. The molecule has 0 amide bonds. The van der Waals surface area contributed by atoms with Gasteiger partial charge in [-0.2, -0.15) is 0 Å². The Morgan fingerprint density at radius 2 is 2.12 bits per heavy atom. The first-order chi connectivity index (χ1) is 8.20. The Bertz CT molecular complexity index is 493. The Hall–Kier alpha value is -1.48. The van der Waals surface area contributed by atoms with Crippen molar-refractivity contribution in [2.75, 3.05) is 11.4 Å². The van der Waals surface area contributed by atoms with Gasteiger partial charge in [0.15, 0.2) is 0 Å². The fourth-order valence-electron chi connectivity index (χ4n) is 1.83. The third-order valence-electron chi connectivity index (χ3n) is 2.69. The van der Waals surface area contributed by atoms with Gasteiger partial charge in [0, 0.05) is 6.54 Å². The number of para-hydroxylation sites is 1. The zero-order valence-corrected chi connectivity index (χ0v) is 10.8. The number of hydrogen-bond donors (Lipinski definition) is 1.